The first-order valence-electron chi connectivity index (χ1n) is 9.21. The van der Waals surface area contributed by atoms with E-state index in [0.717, 1.165) is 21.2 Å². The summed E-state index contributed by atoms with van der Waals surface area (Å²) in [6.07, 6.45) is 1.83. The van der Waals surface area contributed by atoms with Gasteiger partial charge >= 0.3 is 0 Å². The number of hydrogen-bond donors (Lipinski definition) is 2. The third-order valence-corrected chi connectivity index (χ3v) is 5.49. The van der Waals surface area contributed by atoms with Gasteiger partial charge < -0.3 is 19.6 Å². The number of aromatic amines is 1. The second-order valence-corrected chi connectivity index (χ2v) is 8.55. The van der Waals surface area contributed by atoms with E-state index in [2.05, 4.69) is 40.1 Å². The molecule has 0 saturated carbocycles. The van der Waals surface area contributed by atoms with Crippen molar-refractivity contribution < 1.29 is 9.53 Å². The van der Waals surface area contributed by atoms with Crippen molar-refractivity contribution in [1.29, 1.82) is 0 Å². The first-order valence-corrected chi connectivity index (χ1v) is 10.4. The van der Waals surface area contributed by atoms with Crippen LogP contribution in [0.5, 0.6) is 0 Å². The number of carbonyl (C=O) groups excluding carboxylic acids is 1. The van der Waals surface area contributed by atoms with Crippen molar-refractivity contribution in [2.24, 2.45) is 0 Å². The quantitative estimate of drug-likeness (QED) is 0.536. The molecule has 0 unspecified atom stereocenters. The van der Waals surface area contributed by atoms with Gasteiger partial charge in [-0.15, -0.1) is 0 Å². The van der Waals surface area contributed by atoms with Gasteiger partial charge in [0.25, 0.3) is 11.5 Å². The molecule has 8 heteroatoms. The Kier molecular flexibility index (Phi) is 6.51. The molecular weight excluding hydrogens is 458 g/mol. The summed E-state index contributed by atoms with van der Waals surface area (Å²) in [6, 6.07) is 5.73. The van der Waals surface area contributed by atoms with Crippen LogP contribution in [0.3, 0.4) is 0 Å². The molecule has 0 radical (unpaired) electrons. The van der Waals surface area contributed by atoms with Crippen molar-refractivity contribution in [1.82, 2.24) is 14.9 Å². The van der Waals surface area contributed by atoms with Crippen LogP contribution in [-0.4, -0.2) is 22.6 Å². The first kappa shape index (κ1) is 21.6. The van der Waals surface area contributed by atoms with Crippen molar-refractivity contribution in [3.05, 3.63) is 66.6 Å². The fourth-order valence-electron chi connectivity index (χ4n) is 3.44. The summed E-state index contributed by atoms with van der Waals surface area (Å²) in [7, 11) is 1.57. The average molecular weight is 481 g/mol. The van der Waals surface area contributed by atoms with Gasteiger partial charge in [-0.1, -0.05) is 27.5 Å². The monoisotopic (exact) mass is 479 g/mol. The van der Waals surface area contributed by atoms with Crippen LogP contribution in [0.2, 0.25) is 5.02 Å². The van der Waals surface area contributed by atoms with E-state index in [9.17, 15) is 9.59 Å². The number of benzene rings is 1. The molecule has 0 fully saturated rings. The Balaban J connectivity index is 1.97. The Labute approximate surface area is 182 Å². The lowest BCUT2D eigenvalue weighted by Crippen LogP contribution is -2.28. The largest absolute Gasteiger partial charge is 0.380 e. The Morgan fingerprint density at radius 1 is 1.34 bits per heavy atom. The molecule has 6 nitrogen and oxygen atoms in total. The van der Waals surface area contributed by atoms with E-state index in [1.807, 2.05) is 29.8 Å². The molecule has 2 heterocycles. The number of halogens is 2. The number of methoxy groups -OCH3 is 1. The molecule has 0 bridgehead atoms. The van der Waals surface area contributed by atoms with E-state index < -0.39 is 0 Å². The minimum absolute atomic E-state index is 0.0870. The SMILES string of the molecule is COCc1cc(C)[nH]c(=O)c1CNC(=O)c1cc(Br)cc2c1c(Cl)cn2C(C)C. The van der Waals surface area contributed by atoms with Crippen molar-refractivity contribution in [3.63, 3.8) is 0 Å². The number of nitrogens with one attached hydrogen (secondary N) is 2. The van der Waals surface area contributed by atoms with Crippen molar-refractivity contribution in [2.45, 2.75) is 40.0 Å². The third kappa shape index (κ3) is 4.42. The topological polar surface area (TPSA) is 76.1 Å². The van der Waals surface area contributed by atoms with E-state index in [0.29, 0.717) is 28.1 Å². The van der Waals surface area contributed by atoms with Gasteiger partial charge in [-0.25, -0.2) is 0 Å². The summed E-state index contributed by atoms with van der Waals surface area (Å²) in [5.41, 5.74) is 3.06. The van der Waals surface area contributed by atoms with E-state index in [-0.39, 0.29) is 24.1 Å². The second-order valence-electron chi connectivity index (χ2n) is 7.23. The number of amides is 1. The van der Waals surface area contributed by atoms with Crippen molar-refractivity contribution in [2.75, 3.05) is 7.11 Å². The van der Waals surface area contributed by atoms with Gasteiger partial charge in [0, 0.05) is 47.0 Å². The lowest BCUT2D eigenvalue weighted by molar-refractivity contribution is 0.0952. The van der Waals surface area contributed by atoms with Crippen LogP contribution < -0.4 is 10.9 Å². The molecule has 154 valence electrons. The number of ether oxygens (including phenoxy) is 1. The smallest absolute Gasteiger partial charge is 0.253 e. The van der Waals surface area contributed by atoms with Crippen LogP contribution in [-0.2, 0) is 17.9 Å². The summed E-state index contributed by atoms with van der Waals surface area (Å²) >= 11 is 9.95. The Morgan fingerprint density at radius 2 is 2.07 bits per heavy atom. The summed E-state index contributed by atoms with van der Waals surface area (Å²) in [5.74, 6) is -0.303. The van der Waals surface area contributed by atoms with Crippen molar-refractivity contribution >= 4 is 44.3 Å². The van der Waals surface area contributed by atoms with Gasteiger partial charge in [0.2, 0.25) is 0 Å². The molecular formula is C21H23BrClN3O3. The highest BCUT2D eigenvalue weighted by molar-refractivity contribution is 9.10. The first-order chi connectivity index (χ1) is 13.7. The molecule has 0 spiro atoms. The van der Waals surface area contributed by atoms with Crippen LogP contribution in [0, 0.1) is 6.92 Å². The molecule has 29 heavy (non-hydrogen) atoms. The van der Waals surface area contributed by atoms with Gasteiger partial charge in [0.05, 0.1) is 22.7 Å². The number of pyridine rings is 1. The molecule has 0 atom stereocenters. The lowest BCUT2D eigenvalue weighted by atomic mass is 10.1. The normalized spacial score (nSPS) is 11.4. The van der Waals surface area contributed by atoms with Gasteiger partial charge in [-0.3, -0.25) is 9.59 Å². The molecule has 1 amide bonds. The maximum Gasteiger partial charge on any atom is 0.253 e. The summed E-state index contributed by atoms with van der Waals surface area (Å²) in [4.78, 5) is 28.2. The molecule has 0 saturated heterocycles. The highest BCUT2D eigenvalue weighted by Crippen LogP contribution is 2.34. The van der Waals surface area contributed by atoms with Gasteiger partial charge in [-0.05, 0) is 44.5 Å². The zero-order valence-electron chi connectivity index (χ0n) is 16.7. The third-order valence-electron chi connectivity index (χ3n) is 4.74. The van der Waals surface area contributed by atoms with Gasteiger partial charge in [0.15, 0.2) is 0 Å². The molecule has 3 aromatic rings. The maximum absolute atomic E-state index is 13.0. The number of hydrogen-bond acceptors (Lipinski definition) is 3. The zero-order valence-corrected chi connectivity index (χ0v) is 19.1. The predicted molar refractivity (Wildman–Crippen MR) is 119 cm³/mol. The van der Waals surface area contributed by atoms with Crippen LogP contribution in [0.15, 0.2) is 33.7 Å². The molecule has 3 rings (SSSR count). The number of rotatable bonds is 6. The number of aryl methyl sites for hydroxylation is 1. The fourth-order valence-corrected chi connectivity index (χ4v) is 4.19. The van der Waals surface area contributed by atoms with E-state index in [4.69, 9.17) is 16.3 Å². The Bertz CT molecular complexity index is 1130. The zero-order chi connectivity index (χ0) is 21.3. The second kappa shape index (κ2) is 8.73. The molecule has 1 aromatic carbocycles. The van der Waals surface area contributed by atoms with Crippen LogP contribution in [0.4, 0.5) is 0 Å². The number of carbonyl (C=O) groups is 1. The molecule has 2 N–H and O–H groups in total. The standard InChI is InChI=1S/C21H23BrClN3O3/c1-11(2)26-9-17(23)19-15(6-14(22)7-18(19)26)20(27)24-8-16-13(10-29-4)5-12(3)25-21(16)28/h5-7,9,11H,8,10H2,1-4H3,(H,24,27)(H,25,28). The highest BCUT2D eigenvalue weighted by atomic mass is 79.9. The minimum Gasteiger partial charge on any atom is -0.380 e. The lowest BCUT2D eigenvalue weighted by Gasteiger charge is -2.13. The molecule has 0 aliphatic carbocycles. The van der Waals surface area contributed by atoms with E-state index in [1.54, 1.807) is 13.2 Å². The summed E-state index contributed by atoms with van der Waals surface area (Å²) in [6.45, 7) is 6.29. The van der Waals surface area contributed by atoms with Crippen molar-refractivity contribution in [3.8, 4) is 0 Å². The van der Waals surface area contributed by atoms with E-state index in [1.165, 1.54) is 0 Å². The van der Waals surface area contributed by atoms with Crippen LogP contribution >= 0.6 is 27.5 Å². The van der Waals surface area contributed by atoms with Gasteiger partial charge in [0.1, 0.15) is 0 Å². The highest BCUT2D eigenvalue weighted by Gasteiger charge is 2.19. The average Bonchev–Trinajstić information content (AvgIpc) is 2.97. The van der Waals surface area contributed by atoms with E-state index >= 15 is 0 Å². The number of fused-ring (bicyclic) bond motifs is 1. The molecule has 2 aromatic heterocycles. The van der Waals surface area contributed by atoms with Crippen LogP contribution in [0.25, 0.3) is 10.9 Å². The van der Waals surface area contributed by atoms with Gasteiger partial charge in [-0.2, -0.15) is 0 Å². The molecule has 0 aliphatic heterocycles. The maximum atomic E-state index is 13.0. The van der Waals surface area contributed by atoms with Crippen LogP contribution in [0.1, 0.15) is 47.1 Å². The number of nitrogens with zero attached hydrogens (tertiary/aromatic N) is 1. The molecule has 0 aliphatic rings. The predicted octanol–water partition coefficient (Wildman–Crippen LogP) is 4.71. The minimum atomic E-state index is -0.303. The summed E-state index contributed by atoms with van der Waals surface area (Å²) < 4.78 is 8.00. The fraction of sp³-hybridized carbons (Fsp3) is 0.333. The number of aromatic nitrogens is 2. The Morgan fingerprint density at radius 3 is 2.72 bits per heavy atom. The Hall–Kier alpha value is -2.09. The number of H-pyrrole nitrogens is 1. The summed E-state index contributed by atoms with van der Waals surface area (Å²) in [5, 5.41) is 4.06.